The molecule has 4 atom stereocenters. The maximum atomic E-state index is 15.0. The monoisotopic (exact) mass is 490 g/mol. The van der Waals surface area contributed by atoms with Crippen molar-refractivity contribution in [2.24, 2.45) is 11.7 Å². The molecule has 0 aromatic carbocycles. The van der Waals surface area contributed by atoms with Crippen LogP contribution in [0, 0.1) is 16.9 Å². The number of hydrogen-bond donors (Lipinski definition) is 3. The van der Waals surface area contributed by atoms with E-state index in [4.69, 9.17) is 17.3 Å². The fourth-order valence-corrected chi connectivity index (χ4v) is 6.56. The molecule has 1 aliphatic carbocycles. The average Bonchev–Trinajstić information content (AvgIpc) is 3.58. The highest BCUT2D eigenvalue weighted by Gasteiger charge is 2.63. The minimum atomic E-state index is -1.50. The van der Waals surface area contributed by atoms with Gasteiger partial charge in [0.05, 0.1) is 16.0 Å². The highest BCUT2D eigenvalue weighted by atomic mass is 35.5. The van der Waals surface area contributed by atoms with Crippen LogP contribution in [0.15, 0.2) is 36.8 Å². The summed E-state index contributed by atoms with van der Waals surface area (Å²) in [4.78, 5) is 11.3. The normalized spacial score (nSPS) is 32.2. The molecular formula is C22H24ClFN6O2S. The largest absolute Gasteiger partial charge is 0.598 e. The van der Waals surface area contributed by atoms with Gasteiger partial charge in [0.15, 0.2) is 11.4 Å². The molecule has 1 saturated carbocycles. The number of rotatable bonds is 4. The summed E-state index contributed by atoms with van der Waals surface area (Å²) in [5.74, 6) is 0.249. The predicted octanol–water partition coefficient (Wildman–Crippen LogP) is 4.68. The number of hydroxylamine groups is 4. The minimum absolute atomic E-state index is 0.0602. The van der Waals surface area contributed by atoms with Gasteiger partial charge in [0, 0.05) is 29.3 Å². The van der Waals surface area contributed by atoms with Crippen molar-refractivity contribution >= 4 is 45.9 Å². The number of anilines is 2. The van der Waals surface area contributed by atoms with Gasteiger partial charge in [-0.2, -0.15) is 0 Å². The standard InChI is InChI=1S/C22H24ClFN6O2S/c1-21(11-30(31,32)22(2,13-3-4-13)20(25)33-21)15-8-17(27-10-16(15)24)29-19-18-12(5-6-26-19)7-14(23)9-28-18/h5-10,13,20,31H,3-4,11,25H2,1-2H3,(H,26,27,29)/t20?,21-,22-/m0/s1. The summed E-state index contributed by atoms with van der Waals surface area (Å²) >= 11 is 7.35. The molecule has 4 N–H and O–H groups in total. The number of nitrogens with two attached hydrogens (primary N) is 1. The van der Waals surface area contributed by atoms with Crippen LogP contribution in [0.4, 0.5) is 16.0 Å². The lowest BCUT2D eigenvalue weighted by atomic mass is 9.90. The SMILES string of the molecule is C[C@]1(C2CC2)C(N)S[C@](C)(c2cc(Nc3nccc4cc(Cl)cnc34)ncc2F)C[N+]1([O-])O. The molecule has 0 spiro atoms. The molecule has 3 aromatic heterocycles. The van der Waals surface area contributed by atoms with E-state index in [-0.39, 0.29) is 18.0 Å². The second-order valence-electron chi connectivity index (χ2n) is 9.19. The molecule has 1 saturated heterocycles. The van der Waals surface area contributed by atoms with Gasteiger partial charge in [-0.25, -0.2) is 24.4 Å². The van der Waals surface area contributed by atoms with Crippen molar-refractivity contribution in [3.63, 3.8) is 0 Å². The Morgan fingerprint density at radius 2 is 2.03 bits per heavy atom. The molecular weight excluding hydrogens is 467 g/mol. The number of hydrogen-bond acceptors (Lipinski definition) is 8. The Balaban J connectivity index is 1.50. The first kappa shape index (κ1) is 22.7. The lowest BCUT2D eigenvalue weighted by molar-refractivity contribution is -1.11. The summed E-state index contributed by atoms with van der Waals surface area (Å²) in [6.07, 6.45) is 5.94. The van der Waals surface area contributed by atoms with Gasteiger partial charge in [-0.15, -0.1) is 11.8 Å². The summed E-state index contributed by atoms with van der Waals surface area (Å²) in [5.41, 5.74) is 6.22. The van der Waals surface area contributed by atoms with E-state index in [0.717, 1.165) is 24.4 Å². The van der Waals surface area contributed by atoms with Crippen LogP contribution in [0.5, 0.6) is 0 Å². The van der Waals surface area contributed by atoms with Gasteiger partial charge in [-0.05, 0) is 44.9 Å². The Morgan fingerprint density at radius 3 is 2.73 bits per heavy atom. The van der Waals surface area contributed by atoms with Gasteiger partial charge in [0.2, 0.25) is 0 Å². The fourth-order valence-electron chi connectivity index (χ4n) is 4.71. The van der Waals surface area contributed by atoms with Gasteiger partial charge in [-0.3, -0.25) is 4.98 Å². The topological polar surface area (TPSA) is 120 Å². The number of nitrogens with zero attached hydrogens (tertiary/aromatic N) is 4. The van der Waals surface area contributed by atoms with Crippen LogP contribution >= 0.6 is 23.4 Å². The maximum Gasteiger partial charge on any atom is 0.158 e. The summed E-state index contributed by atoms with van der Waals surface area (Å²) in [6, 6.07) is 5.09. The zero-order chi connectivity index (χ0) is 23.6. The van der Waals surface area contributed by atoms with E-state index in [0.29, 0.717) is 22.2 Å². The average molecular weight is 491 g/mol. The highest BCUT2D eigenvalue weighted by molar-refractivity contribution is 8.00. The molecule has 3 aromatic rings. The van der Waals surface area contributed by atoms with E-state index < -0.39 is 26.3 Å². The van der Waals surface area contributed by atoms with E-state index >= 15 is 4.39 Å². The lowest BCUT2D eigenvalue weighted by Crippen LogP contribution is -2.72. The second kappa shape index (κ2) is 7.72. The van der Waals surface area contributed by atoms with E-state index in [1.54, 1.807) is 32.2 Å². The number of fused-ring (bicyclic) bond motifs is 1. The van der Waals surface area contributed by atoms with E-state index in [1.807, 2.05) is 0 Å². The molecule has 4 heterocycles. The Bertz CT molecular complexity index is 1240. The Hall–Kier alpha value is -2.08. The Labute approximate surface area is 199 Å². The van der Waals surface area contributed by atoms with E-state index in [1.165, 1.54) is 24.0 Å². The van der Waals surface area contributed by atoms with Crippen molar-refractivity contribution in [3.05, 3.63) is 58.4 Å². The number of pyridine rings is 3. The Kier molecular flexibility index (Phi) is 5.31. The summed E-state index contributed by atoms with van der Waals surface area (Å²) in [5, 5.41) is 28.0. The molecule has 0 amide bonds. The first-order valence-electron chi connectivity index (χ1n) is 10.6. The molecule has 33 heavy (non-hydrogen) atoms. The van der Waals surface area contributed by atoms with Crippen LogP contribution in [-0.4, -0.2) is 42.4 Å². The van der Waals surface area contributed by atoms with Crippen LogP contribution in [0.1, 0.15) is 32.3 Å². The second-order valence-corrected chi connectivity index (χ2v) is 11.3. The summed E-state index contributed by atoms with van der Waals surface area (Å²) < 4.78 is 13.9. The summed E-state index contributed by atoms with van der Waals surface area (Å²) in [7, 11) is 0. The van der Waals surface area contributed by atoms with Gasteiger partial charge in [0.1, 0.15) is 29.1 Å². The van der Waals surface area contributed by atoms with Gasteiger partial charge in [-0.1, -0.05) is 11.6 Å². The van der Waals surface area contributed by atoms with Crippen molar-refractivity contribution in [1.29, 1.82) is 0 Å². The van der Waals surface area contributed by atoms with Crippen LogP contribution < -0.4 is 11.1 Å². The third kappa shape index (κ3) is 3.74. The van der Waals surface area contributed by atoms with Crippen LogP contribution in [-0.2, 0) is 4.75 Å². The Morgan fingerprint density at radius 1 is 1.27 bits per heavy atom. The maximum absolute atomic E-state index is 15.0. The number of thioether (sulfide) groups is 1. The number of quaternary nitrogens is 1. The fraction of sp³-hybridized carbons (Fsp3) is 0.409. The number of aromatic nitrogens is 3. The smallest absolute Gasteiger partial charge is 0.158 e. The minimum Gasteiger partial charge on any atom is -0.598 e. The zero-order valence-electron chi connectivity index (χ0n) is 18.1. The molecule has 11 heteroatoms. The zero-order valence-corrected chi connectivity index (χ0v) is 19.7. The lowest BCUT2D eigenvalue weighted by Gasteiger charge is -2.58. The van der Waals surface area contributed by atoms with Crippen molar-refractivity contribution < 1.29 is 14.4 Å². The molecule has 2 unspecified atom stereocenters. The number of nitrogens with one attached hydrogen (secondary N) is 1. The van der Waals surface area contributed by atoms with Crippen LogP contribution in [0.2, 0.25) is 5.02 Å². The molecule has 2 fully saturated rings. The quantitative estimate of drug-likeness (QED) is 0.356. The highest BCUT2D eigenvalue weighted by Crippen LogP contribution is 2.57. The molecule has 1 aliphatic heterocycles. The van der Waals surface area contributed by atoms with Crippen LogP contribution in [0.3, 0.4) is 0 Å². The van der Waals surface area contributed by atoms with Crippen LogP contribution in [0.25, 0.3) is 10.9 Å². The molecule has 0 radical (unpaired) electrons. The van der Waals surface area contributed by atoms with E-state index in [2.05, 4.69) is 20.3 Å². The predicted molar refractivity (Wildman–Crippen MR) is 126 cm³/mol. The van der Waals surface area contributed by atoms with Crippen molar-refractivity contribution in [2.45, 2.75) is 42.3 Å². The first-order valence-corrected chi connectivity index (χ1v) is 11.9. The third-order valence-electron chi connectivity index (χ3n) is 6.87. The van der Waals surface area contributed by atoms with Crippen molar-refractivity contribution in [1.82, 2.24) is 15.0 Å². The molecule has 8 nitrogen and oxygen atoms in total. The first-order chi connectivity index (χ1) is 15.5. The molecule has 2 aliphatic rings. The molecule has 5 rings (SSSR count). The van der Waals surface area contributed by atoms with Crippen molar-refractivity contribution in [3.8, 4) is 0 Å². The summed E-state index contributed by atoms with van der Waals surface area (Å²) in [6.45, 7) is 3.23. The third-order valence-corrected chi connectivity index (χ3v) is 8.68. The van der Waals surface area contributed by atoms with E-state index in [9.17, 15) is 10.4 Å². The van der Waals surface area contributed by atoms with Gasteiger partial charge in [0.25, 0.3) is 0 Å². The molecule has 174 valence electrons. The van der Waals surface area contributed by atoms with Crippen molar-refractivity contribution in [2.75, 3.05) is 11.9 Å². The van der Waals surface area contributed by atoms with Gasteiger partial charge < -0.3 is 16.3 Å². The molecule has 0 bridgehead atoms. The number of halogens is 2. The van der Waals surface area contributed by atoms with Gasteiger partial charge >= 0.3 is 0 Å².